The Balaban J connectivity index is 1.37. The highest BCUT2D eigenvalue weighted by molar-refractivity contribution is 5.82. The molecular formula is C19H32N2O2. The topological polar surface area (TPSA) is 41.6 Å². The minimum absolute atomic E-state index is 0.0805. The van der Waals surface area contributed by atoms with Crippen LogP contribution in [0.1, 0.15) is 70.6 Å². The van der Waals surface area contributed by atoms with Crippen molar-refractivity contribution in [1.29, 1.82) is 0 Å². The van der Waals surface area contributed by atoms with Crippen LogP contribution in [0.3, 0.4) is 0 Å². The van der Waals surface area contributed by atoms with E-state index in [0.717, 1.165) is 32.5 Å². The molecule has 4 aliphatic rings. The highest BCUT2D eigenvalue weighted by Crippen LogP contribution is 2.39. The summed E-state index contributed by atoms with van der Waals surface area (Å²) in [7, 11) is 0. The number of ether oxygens (including phenoxy) is 1. The fourth-order valence-corrected chi connectivity index (χ4v) is 5.09. The monoisotopic (exact) mass is 320 g/mol. The first-order valence-electron chi connectivity index (χ1n) is 9.94. The van der Waals surface area contributed by atoms with Crippen LogP contribution in [-0.4, -0.2) is 48.2 Å². The maximum Gasteiger partial charge on any atom is 0.237 e. The zero-order valence-corrected chi connectivity index (χ0v) is 14.4. The SMILES string of the molecule is O=C(N[C@H]1CCOC2(CCCCC2)C1)[C@@H](C1CC1)N1CCCC1. The van der Waals surface area contributed by atoms with Crippen LogP contribution in [0, 0.1) is 5.92 Å². The third kappa shape index (κ3) is 3.58. The van der Waals surface area contributed by atoms with Gasteiger partial charge in [-0.25, -0.2) is 0 Å². The summed E-state index contributed by atoms with van der Waals surface area (Å²) in [5, 5.41) is 3.43. The van der Waals surface area contributed by atoms with E-state index >= 15 is 0 Å². The van der Waals surface area contributed by atoms with Gasteiger partial charge in [0.2, 0.25) is 5.91 Å². The van der Waals surface area contributed by atoms with Crippen molar-refractivity contribution in [3.63, 3.8) is 0 Å². The molecule has 1 N–H and O–H groups in total. The van der Waals surface area contributed by atoms with Crippen LogP contribution in [-0.2, 0) is 9.53 Å². The summed E-state index contributed by atoms with van der Waals surface area (Å²) in [6.45, 7) is 3.06. The van der Waals surface area contributed by atoms with Gasteiger partial charge in [-0.1, -0.05) is 19.3 Å². The summed E-state index contributed by atoms with van der Waals surface area (Å²) in [6, 6.07) is 0.487. The van der Waals surface area contributed by atoms with Crippen LogP contribution in [0.2, 0.25) is 0 Å². The molecule has 130 valence electrons. The Labute approximate surface area is 140 Å². The van der Waals surface area contributed by atoms with Crippen LogP contribution in [0.4, 0.5) is 0 Å². The fourth-order valence-electron chi connectivity index (χ4n) is 5.09. The van der Waals surface area contributed by atoms with E-state index < -0.39 is 0 Å². The van der Waals surface area contributed by atoms with E-state index in [-0.39, 0.29) is 11.6 Å². The molecule has 1 spiro atoms. The minimum Gasteiger partial charge on any atom is -0.375 e. The van der Waals surface area contributed by atoms with E-state index in [4.69, 9.17) is 4.74 Å². The first-order valence-corrected chi connectivity index (χ1v) is 9.94. The molecule has 2 atom stereocenters. The predicted molar refractivity (Wildman–Crippen MR) is 90.3 cm³/mol. The van der Waals surface area contributed by atoms with Gasteiger partial charge in [0.05, 0.1) is 11.6 Å². The minimum atomic E-state index is 0.0805. The number of rotatable bonds is 4. The van der Waals surface area contributed by atoms with Gasteiger partial charge in [0.1, 0.15) is 0 Å². The second-order valence-corrected chi connectivity index (χ2v) is 8.32. The molecule has 0 radical (unpaired) electrons. The van der Waals surface area contributed by atoms with Crippen molar-refractivity contribution in [3.05, 3.63) is 0 Å². The molecule has 0 unspecified atom stereocenters. The molecule has 2 saturated carbocycles. The Hall–Kier alpha value is -0.610. The van der Waals surface area contributed by atoms with Crippen molar-refractivity contribution in [3.8, 4) is 0 Å². The van der Waals surface area contributed by atoms with Crippen molar-refractivity contribution in [2.24, 2.45) is 5.92 Å². The first-order chi connectivity index (χ1) is 11.3. The van der Waals surface area contributed by atoms with E-state index in [1.807, 2.05) is 0 Å². The third-order valence-electron chi connectivity index (χ3n) is 6.48. The molecule has 0 aromatic rings. The lowest BCUT2D eigenvalue weighted by atomic mass is 9.78. The molecule has 2 aliphatic heterocycles. The molecule has 0 bridgehead atoms. The van der Waals surface area contributed by atoms with Crippen molar-refractivity contribution >= 4 is 5.91 Å². The van der Waals surface area contributed by atoms with Crippen molar-refractivity contribution in [1.82, 2.24) is 10.2 Å². The normalized spacial score (nSPS) is 32.8. The van der Waals surface area contributed by atoms with Gasteiger partial charge in [0, 0.05) is 12.6 Å². The molecular weight excluding hydrogens is 288 g/mol. The maximum atomic E-state index is 13.0. The maximum absolute atomic E-state index is 13.0. The largest absolute Gasteiger partial charge is 0.375 e. The number of hydrogen-bond acceptors (Lipinski definition) is 3. The van der Waals surface area contributed by atoms with Gasteiger partial charge in [0.25, 0.3) is 0 Å². The van der Waals surface area contributed by atoms with Gasteiger partial charge in [-0.3, -0.25) is 9.69 Å². The summed E-state index contributed by atoms with van der Waals surface area (Å²) < 4.78 is 6.18. The van der Waals surface area contributed by atoms with Crippen LogP contribution in [0.25, 0.3) is 0 Å². The average molecular weight is 320 g/mol. The highest BCUT2D eigenvalue weighted by Gasteiger charge is 2.43. The van der Waals surface area contributed by atoms with Gasteiger partial charge in [-0.05, 0) is 70.4 Å². The van der Waals surface area contributed by atoms with Crippen molar-refractivity contribution < 1.29 is 9.53 Å². The molecule has 23 heavy (non-hydrogen) atoms. The van der Waals surface area contributed by atoms with E-state index in [1.54, 1.807) is 0 Å². The van der Waals surface area contributed by atoms with Gasteiger partial charge in [0.15, 0.2) is 0 Å². The summed E-state index contributed by atoms with van der Waals surface area (Å²) in [4.78, 5) is 15.4. The molecule has 1 amide bonds. The van der Waals surface area contributed by atoms with Crippen molar-refractivity contribution in [2.75, 3.05) is 19.7 Å². The number of amides is 1. The van der Waals surface area contributed by atoms with Gasteiger partial charge < -0.3 is 10.1 Å². The van der Waals surface area contributed by atoms with E-state index in [9.17, 15) is 4.79 Å². The summed E-state index contributed by atoms with van der Waals surface area (Å²) in [6.07, 6.45) is 13.3. The standard InChI is InChI=1S/C19H32N2O2/c22-18(17(15-6-7-15)21-11-4-5-12-21)20-16-8-13-23-19(14-16)9-2-1-3-10-19/h15-17H,1-14H2,(H,20,22)/t16-,17+/m0/s1. The molecule has 4 rings (SSSR count). The summed E-state index contributed by atoms with van der Waals surface area (Å²) in [5.74, 6) is 0.934. The second kappa shape index (κ2) is 6.72. The number of carbonyl (C=O) groups is 1. The summed E-state index contributed by atoms with van der Waals surface area (Å²) in [5.41, 5.74) is 0.0805. The number of carbonyl (C=O) groups excluding carboxylic acids is 1. The highest BCUT2D eigenvalue weighted by atomic mass is 16.5. The van der Waals surface area contributed by atoms with Gasteiger partial charge >= 0.3 is 0 Å². The Morgan fingerprint density at radius 1 is 1.04 bits per heavy atom. The zero-order chi connectivity index (χ0) is 15.7. The van der Waals surface area contributed by atoms with Crippen molar-refractivity contribution in [2.45, 2.75) is 88.3 Å². The second-order valence-electron chi connectivity index (χ2n) is 8.32. The first kappa shape index (κ1) is 15.9. The quantitative estimate of drug-likeness (QED) is 0.866. The van der Waals surface area contributed by atoms with Crippen LogP contribution in [0.15, 0.2) is 0 Å². The van der Waals surface area contributed by atoms with Gasteiger partial charge in [-0.15, -0.1) is 0 Å². The average Bonchev–Trinajstić information content (AvgIpc) is 3.22. The summed E-state index contributed by atoms with van der Waals surface area (Å²) >= 11 is 0. The number of nitrogens with zero attached hydrogens (tertiary/aromatic N) is 1. The van der Waals surface area contributed by atoms with Crippen LogP contribution in [0.5, 0.6) is 0 Å². The molecule has 0 aromatic heterocycles. The number of hydrogen-bond donors (Lipinski definition) is 1. The Morgan fingerprint density at radius 3 is 2.48 bits per heavy atom. The molecule has 2 saturated heterocycles. The number of likely N-dealkylation sites (tertiary alicyclic amines) is 1. The lowest BCUT2D eigenvalue weighted by Gasteiger charge is -2.44. The molecule has 4 nitrogen and oxygen atoms in total. The third-order valence-corrected chi connectivity index (χ3v) is 6.48. The number of nitrogens with one attached hydrogen (secondary N) is 1. The zero-order valence-electron chi connectivity index (χ0n) is 14.4. The Bertz CT molecular complexity index is 418. The smallest absolute Gasteiger partial charge is 0.237 e. The van der Waals surface area contributed by atoms with E-state index in [0.29, 0.717) is 17.9 Å². The lowest BCUT2D eigenvalue weighted by Crippen LogP contribution is -2.54. The molecule has 2 aliphatic carbocycles. The molecule has 2 heterocycles. The Morgan fingerprint density at radius 2 is 1.78 bits per heavy atom. The molecule has 4 heteroatoms. The van der Waals surface area contributed by atoms with E-state index in [1.165, 1.54) is 57.8 Å². The van der Waals surface area contributed by atoms with Crippen LogP contribution >= 0.6 is 0 Å². The van der Waals surface area contributed by atoms with E-state index in [2.05, 4.69) is 10.2 Å². The predicted octanol–water partition coefficient (Wildman–Crippen LogP) is 2.86. The molecule has 4 fully saturated rings. The molecule has 0 aromatic carbocycles. The fraction of sp³-hybridized carbons (Fsp3) is 0.947. The Kier molecular flexibility index (Phi) is 4.64. The van der Waals surface area contributed by atoms with Gasteiger partial charge in [-0.2, -0.15) is 0 Å². The van der Waals surface area contributed by atoms with Crippen LogP contribution < -0.4 is 5.32 Å². The lowest BCUT2D eigenvalue weighted by molar-refractivity contribution is -0.133.